The molecule has 0 bridgehead atoms. The van der Waals surface area contributed by atoms with E-state index < -0.39 is 0 Å². The van der Waals surface area contributed by atoms with E-state index in [4.69, 9.17) is 5.73 Å². The summed E-state index contributed by atoms with van der Waals surface area (Å²) >= 11 is 7.70. The van der Waals surface area contributed by atoms with E-state index in [1.165, 1.54) is 10.1 Å². The van der Waals surface area contributed by atoms with Crippen LogP contribution in [0.4, 0.5) is 5.69 Å². The van der Waals surface area contributed by atoms with Crippen molar-refractivity contribution in [2.24, 2.45) is 0 Å². The minimum Gasteiger partial charge on any atom is -0.398 e. The minimum absolute atomic E-state index is 0.853. The quantitative estimate of drug-likeness (QED) is 0.443. The van der Waals surface area contributed by atoms with Gasteiger partial charge in [0.2, 0.25) is 0 Å². The molecule has 0 aliphatic rings. The molecule has 13 heavy (non-hydrogen) atoms. The lowest BCUT2D eigenvalue weighted by Gasteiger charge is -2.02. The molecular formula is C9H9NS3. The molecule has 0 spiro atoms. The summed E-state index contributed by atoms with van der Waals surface area (Å²) in [4.78, 5) is 1.16. The van der Waals surface area contributed by atoms with Crippen molar-refractivity contribution in [1.82, 2.24) is 0 Å². The zero-order valence-corrected chi connectivity index (χ0v) is 9.60. The first kappa shape index (κ1) is 9.24. The van der Waals surface area contributed by atoms with E-state index in [-0.39, 0.29) is 0 Å². The maximum absolute atomic E-state index is 5.87. The summed E-state index contributed by atoms with van der Waals surface area (Å²) in [5.74, 6) is 0. The predicted molar refractivity (Wildman–Crippen MR) is 65.3 cm³/mol. The van der Waals surface area contributed by atoms with Crippen molar-refractivity contribution in [1.29, 1.82) is 0 Å². The van der Waals surface area contributed by atoms with Crippen molar-refractivity contribution in [3.63, 3.8) is 0 Å². The predicted octanol–water partition coefficient (Wildman–Crippen LogP) is 3.49. The van der Waals surface area contributed by atoms with E-state index in [1.54, 1.807) is 23.1 Å². The number of nitrogens with two attached hydrogens (primary N) is 1. The number of benzene rings is 1. The van der Waals surface area contributed by atoms with Gasteiger partial charge in [-0.1, -0.05) is 0 Å². The summed E-state index contributed by atoms with van der Waals surface area (Å²) in [6.45, 7) is 0. The third kappa shape index (κ3) is 1.54. The lowest BCUT2D eigenvalue weighted by Crippen LogP contribution is -1.86. The van der Waals surface area contributed by atoms with E-state index in [9.17, 15) is 0 Å². The minimum atomic E-state index is 0.853. The first-order chi connectivity index (χ1) is 6.22. The van der Waals surface area contributed by atoms with Crippen molar-refractivity contribution < 1.29 is 0 Å². The Hall–Kier alpha value is -0.320. The summed E-state index contributed by atoms with van der Waals surface area (Å²) in [5, 5.41) is 1.22. The first-order valence-corrected chi connectivity index (χ1v) is 6.26. The molecule has 0 saturated heterocycles. The fourth-order valence-corrected chi connectivity index (χ4v) is 3.31. The Labute approximate surface area is 90.7 Å². The molecule has 0 amide bonds. The van der Waals surface area contributed by atoms with Crippen LogP contribution in [-0.4, -0.2) is 6.26 Å². The van der Waals surface area contributed by atoms with Crippen LogP contribution in [0.15, 0.2) is 27.3 Å². The molecule has 0 saturated carbocycles. The molecular weight excluding hydrogens is 218 g/mol. The van der Waals surface area contributed by atoms with Crippen LogP contribution in [0.3, 0.4) is 0 Å². The monoisotopic (exact) mass is 227 g/mol. The number of hydrogen-bond acceptors (Lipinski definition) is 4. The normalized spacial score (nSPS) is 10.9. The van der Waals surface area contributed by atoms with Crippen LogP contribution in [0, 0.1) is 0 Å². The molecule has 68 valence electrons. The van der Waals surface area contributed by atoms with Crippen LogP contribution in [0.25, 0.3) is 10.1 Å². The highest BCUT2D eigenvalue weighted by Crippen LogP contribution is 2.37. The van der Waals surface area contributed by atoms with Gasteiger partial charge in [-0.3, -0.25) is 0 Å². The Morgan fingerprint density at radius 2 is 2.23 bits per heavy atom. The molecule has 0 fully saturated rings. The molecule has 0 unspecified atom stereocenters. The van der Waals surface area contributed by atoms with Crippen LogP contribution >= 0.6 is 35.7 Å². The van der Waals surface area contributed by atoms with E-state index in [0.717, 1.165) is 14.8 Å². The summed E-state index contributed by atoms with van der Waals surface area (Å²) in [7, 11) is 0. The van der Waals surface area contributed by atoms with Gasteiger partial charge in [-0.15, -0.1) is 35.7 Å². The maximum Gasteiger partial charge on any atom is 0.0581 e. The third-order valence-corrected chi connectivity index (χ3v) is 4.04. The van der Waals surface area contributed by atoms with Gasteiger partial charge in [0.15, 0.2) is 0 Å². The van der Waals surface area contributed by atoms with Gasteiger partial charge < -0.3 is 5.73 Å². The van der Waals surface area contributed by atoms with Crippen molar-refractivity contribution in [3.8, 4) is 0 Å². The summed E-state index contributed by atoms with van der Waals surface area (Å²) < 4.78 is 2.29. The van der Waals surface area contributed by atoms with Gasteiger partial charge >= 0.3 is 0 Å². The van der Waals surface area contributed by atoms with Crippen LogP contribution in [0.1, 0.15) is 0 Å². The average molecular weight is 227 g/mol. The molecule has 2 aromatic rings. The van der Waals surface area contributed by atoms with Crippen molar-refractivity contribution in [3.05, 3.63) is 18.2 Å². The van der Waals surface area contributed by atoms with Crippen molar-refractivity contribution >= 4 is 51.5 Å². The van der Waals surface area contributed by atoms with Crippen molar-refractivity contribution in [2.45, 2.75) is 9.10 Å². The number of thiophene rings is 1. The standard InChI is InChI=1S/C9H9NS3/c1-12-9-5-4-8(11)13-7(5)3-2-6(9)10/h2-4,11H,10H2,1H3. The molecule has 2 rings (SSSR count). The number of nitrogen functional groups attached to an aromatic ring is 1. The molecule has 1 aromatic heterocycles. The Balaban J connectivity index is 2.82. The molecule has 0 radical (unpaired) electrons. The third-order valence-electron chi connectivity index (χ3n) is 1.87. The average Bonchev–Trinajstić information content (AvgIpc) is 2.45. The van der Waals surface area contributed by atoms with Gasteiger partial charge in [-0.2, -0.15) is 0 Å². The SMILES string of the molecule is CSc1c(N)ccc2sc(S)cc12. The van der Waals surface area contributed by atoms with Crippen molar-refractivity contribution in [2.75, 3.05) is 12.0 Å². The zero-order valence-electron chi connectivity index (χ0n) is 7.07. The van der Waals surface area contributed by atoms with E-state index in [0.29, 0.717) is 0 Å². The van der Waals surface area contributed by atoms with Crippen LogP contribution in [0.2, 0.25) is 0 Å². The van der Waals surface area contributed by atoms with Crippen LogP contribution in [-0.2, 0) is 0 Å². The second kappa shape index (κ2) is 3.44. The number of fused-ring (bicyclic) bond motifs is 1. The topological polar surface area (TPSA) is 26.0 Å². The number of rotatable bonds is 1. The highest BCUT2D eigenvalue weighted by atomic mass is 32.2. The number of anilines is 1. The van der Waals surface area contributed by atoms with Crippen LogP contribution < -0.4 is 5.73 Å². The van der Waals surface area contributed by atoms with Gasteiger partial charge in [0.25, 0.3) is 0 Å². The highest BCUT2D eigenvalue weighted by molar-refractivity contribution is 7.99. The van der Waals surface area contributed by atoms with Gasteiger partial charge in [0.05, 0.1) is 4.21 Å². The maximum atomic E-state index is 5.87. The molecule has 0 atom stereocenters. The smallest absolute Gasteiger partial charge is 0.0581 e. The number of hydrogen-bond donors (Lipinski definition) is 2. The second-order valence-corrected chi connectivity index (χ2v) is 5.37. The Bertz CT molecular complexity index is 447. The lowest BCUT2D eigenvalue weighted by atomic mass is 10.2. The summed E-state index contributed by atoms with van der Waals surface area (Å²) in [5.41, 5.74) is 6.72. The largest absolute Gasteiger partial charge is 0.398 e. The zero-order chi connectivity index (χ0) is 9.42. The van der Waals surface area contributed by atoms with Gasteiger partial charge in [0.1, 0.15) is 0 Å². The van der Waals surface area contributed by atoms with Gasteiger partial charge in [0, 0.05) is 20.7 Å². The molecule has 2 N–H and O–H groups in total. The summed E-state index contributed by atoms with van der Waals surface area (Å²) in [6, 6.07) is 6.08. The first-order valence-electron chi connectivity index (χ1n) is 3.77. The van der Waals surface area contributed by atoms with Crippen LogP contribution in [0.5, 0.6) is 0 Å². The molecule has 1 nitrogen and oxygen atoms in total. The Morgan fingerprint density at radius 1 is 1.46 bits per heavy atom. The van der Waals surface area contributed by atoms with Gasteiger partial charge in [-0.25, -0.2) is 0 Å². The Kier molecular flexibility index (Phi) is 2.45. The fraction of sp³-hybridized carbons (Fsp3) is 0.111. The van der Waals surface area contributed by atoms with E-state index >= 15 is 0 Å². The number of thioether (sulfide) groups is 1. The van der Waals surface area contributed by atoms with Gasteiger partial charge in [-0.05, 0) is 24.5 Å². The fourth-order valence-electron chi connectivity index (χ4n) is 1.32. The lowest BCUT2D eigenvalue weighted by molar-refractivity contribution is 1.55. The summed E-state index contributed by atoms with van der Waals surface area (Å²) in [6.07, 6.45) is 2.04. The molecule has 4 heteroatoms. The molecule has 1 aromatic carbocycles. The van der Waals surface area contributed by atoms with E-state index in [1.807, 2.05) is 12.3 Å². The molecule has 1 heterocycles. The molecule has 0 aliphatic heterocycles. The molecule has 0 aliphatic carbocycles. The highest BCUT2D eigenvalue weighted by Gasteiger charge is 2.06. The number of thiol groups is 1. The second-order valence-electron chi connectivity index (χ2n) is 2.68. The van der Waals surface area contributed by atoms with E-state index in [2.05, 4.69) is 24.8 Å². The Morgan fingerprint density at radius 3 is 2.92 bits per heavy atom.